The van der Waals surface area contributed by atoms with Crippen molar-refractivity contribution in [3.05, 3.63) is 90.2 Å². The van der Waals surface area contributed by atoms with Crippen molar-refractivity contribution < 1.29 is 23.4 Å². The van der Waals surface area contributed by atoms with E-state index in [0.717, 1.165) is 16.7 Å². The molecule has 4 nitrogen and oxygen atoms in total. The van der Waals surface area contributed by atoms with Gasteiger partial charge < -0.3 is 14.2 Å². The van der Waals surface area contributed by atoms with Crippen LogP contribution in [0.5, 0.6) is 5.75 Å². The number of carbonyl (C=O) groups excluding carboxylic acids is 1. The van der Waals surface area contributed by atoms with Crippen molar-refractivity contribution in [1.29, 1.82) is 0 Å². The van der Waals surface area contributed by atoms with E-state index in [2.05, 4.69) is 0 Å². The zero-order valence-electron chi connectivity index (χ0n) is 16.4. The lowest BCUT2D eigenvalue weighted by Crippen LogP contribution is -2.26. The molecule has 0 radical (unpaired) electrons. The second-order valence-corrected chi connectivity index (χ2v) is 6.62. The van der Waals surface area contributed by atoms with Crippen molar-refractivity contribution in [2.45, 2.75) is 19.1 Å². The summed E-state index contributed by atoms with van der Waals surface area (Å²) in [6.45, 7) is 1.98. The highest BCUT2D eigenvalue weighted by Gasteiger charge is 2.23. The maximum atomic E-state index is 13.0. The molecular formula is C24H23FO4. The third kappa shape index (κ3) is 5.65. The van der Waals surface area contributed by atoms with Crippen LogP contribution in [0.1, 0.15) is 18.6 Å². The third-order valence-electron chi connectivity index (χ3n) is 4.39. The van der Waals surface area contributed by atoms with Crippen LogP contribution in [0.2, 0.25) is 0 Å². The summed E-state index contributed by atoms with van der Waals surface area (Å²) < 4.78 is 29.5. The molecule has 0 N–H and O–H groups in total. The highest BCUT2D eigenvalue weighted by Crippen LogP contribution is 2.23. The lowest BCUT2D eigenvalue weighted by Gasteiger charge is -2.19. The summed E-state index contributed by atoms with van der Waals surface area (Å²) in [7, 11) is 1.47. The lowest BCUT2D eigenvalue weighted by atomic mass is 10.1. The molecule has 0 saturated heterocycles. The average molecular weight is 394 g/mol. The number of esters is 1. The molecule has 3 aromatic rings. The molecule has 0 aliphatic carbocycles. The first kappa shape index (κ1) is 20.6. The number of benzene rings is 3. The fraction of sp³-hybridized carbons (Fsp3) is 0.208. The van der Waals surface area contributed by atoms with Gasteiger partial charge in [-0.2, -0.15) is 0 Å². The first-order chi connectivity index (χ1) is 14.1. The molecule has 29 heavy (non-hydrogen) atoms. The fourth-order valence-corrected chi connectivity index (χ4v) is 2.89. The predicted molar refractivity (Wildman–Crippen MR) is 109 cm³/mol. The summed E-state index contributed by atoms with van der Waals surface area (Å²) in [5.41, 5.74) is 2.62. The largest absolute Gasteiger partial charge is 0.490 e. The molecule has 3 rings (SSSR count). The molecule has 0 aromatic heterocycles. The minimum atomic E-state index is -0.770. The molecule has 0 aliphatic rings. The molecular weight excluding hydrogens is 371 g/mol. The van der Waals surface area contributed by atoms with Crippen molar-refractivity contribution >= 4 is 5.97 Å². The van der Waals surface area contributed by atoms with E-state index in [1.165, 1.54) is 19.2 Å². The Bertz CT molecular complexity index is 908. The van der Waals surface area contributed by atoms with Gasteiger partial charge in [-0.25, -0.2) is 9.18 Å². The zero-order valence-corrected chi connectivity index (χ0v) is 16.4. The SMILES string of the molecule is COC(C(=O)OC(C)COc1ccc(-c2ccc(F)cc2)cc1)c1ccccc1. The number of rotatable bonds is 8. The zero-order chi connectivity index (χ0) is 20.6. The Morgan fingerprint density at radius 1 is 0.897 bits per heavy atom. The van der Waals surface area contributed by atoms with Crippen LogP contribution in [0, 0.1) is 5.82 Å². The van der Waals surface area contributed by atoms with Crippen LogP contribution in [-0.4, -0.2) is 25.8 Å². The number of hydrogen-bond acceptors (Lipinski definition) is 4. The molecule has 2 atom stereocenters. The van der Waals surface area contributed by atoms with Crippen molar-refractivity contribution in [2.75, 3.05) is 13.7 Å². The monoisotopic (exact) mass is 394 g/mol. The highest BCUT2D eigenvalue weighted by molar-refractivity contribution is 5.76. The van der Waals surface area contributed by atoms with Crippen LogP contribution in [-0.2, 0) is 14.3 Å². The van der Waals surface area contributed by atoms with Gasteiger partial charge in [0.2, 0.25) is 0 Å². The number of hydrogen-bond donors (Lipinski definition) is 0. The van der Waals surface area contributed by atoms with Gasteiger partial charge in [-0.3, -0.25) is 0 Å². The van der Waals surface area contributed by atoms with E-state index in [1.54, 1.807) is 19.1 Å². The molecule has 3 aromatic carbocycles. The van der Waals surface area contributed by atoms with Crippen LogP contribution in [0.15, 0.2) is 78.9 Å². The number of methoxy groups -OCH3 is 1. The molecule has 5 heteroatoms. The van der Waals surface area contributed by atoms with Gasteiger partial charge in [0.25, 0.3) is 0 Å². The quantitative estimate of drug-likeness (QED) is 0.493. The Morgan fingerprint density at radius 3 is 2.07 bits per heavy atom. The Hall–Kier alpha value is -3.18. The van der Waals surface area contributed by atoms with E-state index in [-0.39, 0.29) is 12.4 Å². The van der Waals surface area contributed by atoms with Crippen molar-refractivity contribution in [3.63, 3.8) is 0 Å². The summed E-state index contributed by atoms with van der Waals surface area (Å²) in [6, 6.07) is 23.0. The molecule has 0 fully saturated rings. The minimum Gasteiger partial charge on any atom is -0.490 e. The Labute approximate surface area is 169 Å². The van der Waals surface area contributed by atoms with E-state index in [0.29, 0.717) is 5.75 Å². The van der Waals surface area contributed by atoms with Crippen molar-refractivity contribution in [1.82, 2.24) is 0 Å². The standard InChI is InChI=1S/C24H23FO4/c1-17(29-24(26)23(27-2)20-6-4-3-5-7-20)16-28-22-14-10-19(11-15-22)18-8-12-21(25)13-9-18/h3-15,17,23H,16H2,1-2H3. The molecule has 0 spiro atoms. The van der Waals surface area contributed by atoms with Crippen LogP contribution < -0.4 is 4.74 Å². The molecule has 2 unspecified atom stereocenters. The van der Waals surface area contributed by atoms with Gasteiger partial charge in [0.15, 0.2) is 6.10 Å². The van der Waals surface area contributed by atoms with Crippen LogP contribution in [0.3, 0.4) is 0 Å². The average Bonchev–Trinajstić information content (AvgIpc) is 2.74. The first-order valence-electron chi connectivity index (χ1n) is 9.34. The number of halogens is 1. The summed E-state index contributed by atoms with van der Waals surface area (Å²) >= 11 is 0. The lowest BCUT2D eigenvalue weighted by molar-refractivity contribution is -0.162. The van der Waals surface area contributed by atoms with E-state index >= 15 is 0 Å². The summed E-state index contributed by atoms with van der Waals surface area (Å²) in [5.74, 6) is -0.0632. The highest BCUT2D eigenvalue weighted by atomic mass is 19.1. The van der Waals surface area contributed by atoms with Gasteiger partial charge in [-0.15, -0.1) is 0 Å². The molecule has 0 aliphatic heterocycles. The fourth-order valence-electron chi connectivity index (χ4n) is 2.89. The summed E-state index contributed by atoms with van der Waals surface area (Å²) in [6.07, 6.45) is -1.21. The van der Waals surface area contributed by atoms with E-state index in [4.69, 9.17) is 14.2 Å². The first-order valence-corrected chi connectivity index (χ1v) is 9.34. The minimum absolute atomic E-state index is 0.215. The van der Waals surface area contributed by atoms with Gasteiger partial charge >= 0.3 is 5.97 Å². The van der Waals surface area contributed by atoms with Crippen LogP contribution in [0.4, 0.5) is 4.39 Å². The maximum Gasteiger partial charge on any atom is 0.340 e. The second-order valence-electron chi connectivity index (χ2n) is 6.62. The Balaban J connectivity index is 1.53. The second kappa shape index (κ2) is 9.85. The summed E-state index contributed by atoms with van der Waals surface area (Å²) in [5, 5.41) is 0. The summed E-state index contributed by atoms with van der Waals surface area (Å²) in [4.78, 5) is 12.4. The van der Waals surface area contributed by atoms with Crippen LogP contribution in [0.25, 0.3) is 11.1 Å². The molecule has 0 saturated carbocycles. The van der Waals surface area contributed by atoms with Gasteiger partial charge in [0.05, 0.1) is 0 Å². The van der Waals surface area contributed by atoms with Crippen molar-refractivity contribution in [3.8, 4) is 16.9 Å². The number of carbonyl (C=O) groups is 1. The van der Waals surface area contributed by atoms with E-state index in [9.17, 15) is 9.18 Å². The van der Waals surface area contributed by atoms with Gasteiger partial charge in [0.1, 0.15) is 24.3 Å². The van der Waals surface area contributed by atoms with Gasteiger partial charge in [-0.05, 0) is 47.9 Å². The Morgan fingerprint density at radius 2 is 1.48 bits per heavy atom. The molecule has 0 amide bonds. The topological polar surface area (TPSA) is 44.8 Å². The Kier molecular flexibility index (Phi) is 6.98. The maximum absolute atomic E-state index is 13.0. The normalized spacial score (nSPS) is 12.8. The van der Waals surface area contributed by atoms with Crippen molar-refractivity contribution in [2.24, 2.45) is 0 Å². The number of ether oxygens (including phenoxy) is 3. The van der Waals surface area contributed by atoms with Gasteiger partial charge in [0, 0.05) is 7.11 Å². The molecule has 150 valence electrons. The van der Waals surface area contributed by atoms with E-state index in [1.807, 2.05) is 54.6 Å². The smallest absolute Gasteiger partial charge is 0.340 e. The van der Waals surface area contributed by atoms with Gasteiger partial charge in [-0.1, -0.05) is 54.6 Å². The molecule has 0 bridgehead atoms. The van der Waals surface area contributed by atoms with Crippen LogP contribution >= 0.6 is 0 Å². The third-order valence-corrected chi connectivity index (χ3v) is 4.39. The molecule has 0 heterocycles. The predicted octanol–water partition coefficient (Wildman–Crippen LogP) is 5.19. The van der Waals surface area contributed by atoms with E-state index < -0.39 is 18.2 Å².